The molecule has 1 unspecified atom stereocenters. The van der Waals surface area contributed by atoms with Crippen molar-refractivity contribution in [2.45, 2.75) is 51.6 Å². The smallest absolute Gasteiger partial charge is 0.200 e. The van der Waals surface area contributed by atoms with Crippen LogP contribution in [0.1, 0.15) is 44.6 Å². The Bertz CT molecular complexity index is 1080. The van der Waals surface area contributed by atoms with Crippen LogP contribution in [0.25, 0.3) is 22.1 Å². The molecule has 1 heterocycles. The van der Waals surface area contributed by atoms with Crippen LogP contribution in [0.3, 0.4) is 0 Å². The first-order valence-corrected chi connectivity index (χ1v) is 10.9. The van der Waals surface area contributed by atoms with E-state index in [1.807, 2.05) is 24.3 Å². The molecule has 0 saturated heterocycles. The second-order valence-electron chi connectivity index (χ2n) is 8.14. The number of rotatable bonds is 6. The Balaban J connectivity index is 1.77. The number of aromatic hydroxyl groups is 1. The molecule has 3 aromatic rings. The quantitative estimate of drug-likeness (QED) is 0.649. The molecular formula is C25H30NO4+. The zero-order chi connectivity index (χ0) is 21.1. The summed E-state index contributed by atoms with van der Waals surface area (Å²) in [6.07, 6.45) is 7.79. The van der Waals surface area contributed by atoms with Crippen LogP contribution < -0.4 is 15.1 Å². The van der Waals surface area contributed by atoms with E-state index in [4.69, 9.17) is 9.15 Å². The summed E-state index contributed by atoms with van der Waals surface area (Å²) in [4.78, 5) is 14.8. The topological polar surface area (TPSA) is 64.1 Å². The van der Waals surface area contributed by atoms with E-state index in [2.05, 4.69) is 6.92 Å². The average Bonchev–Trinajstić information content (AvgIpc) is 2.79. The summed E-state index contributed by atoms with van der Waals surface area (Å²) in [7, 11) is 1.59. The molecular weight excluding hydrogens is 378 g/mol. The van der Waals surface area contributed by atoms with Gasteiger partial charge in [-0.15, -0.1) is 0 Å². The third-order valence-electron chi connectivity index (χ3n) is 6.46. The maximum absolute atomic E-state index is 13.3. The summed E-state index contributed by atoms with van der Waals surface area (Å²) in [5.74, 6) is 0.819. The lowest BCUT2D eigenvalue weighted by atomic mass is 9.93. The van der Waals surface area contributed by atoms with E-state index in [-0.39, 0.29) is 11.2 Å². The minimum atomic E-state index is -0.113. The largest absolute Gasteiger partial charge is 0.507 e. The number of hydrogen-bond acceptors (Lipinski definition) is 4. The zero-order valence-corrected chi connectivity index (χ0v) is 17.7. The van der Waals surface area contributed by atoms with E-state index in [1.54, 1.807) is 19.2 Å². The van der Waals surface area contributed by atoms with Crippen molar-refractivity contribution in [2.24, 2.45) is 0 Å². The van der Waals surface area contributed by atoms with Crippen molar-refractivity contribution in [1.82, 2.24) is 0 Å². The number of quaternary nitrogens is 1. The van der Waals surface area contributed by atoms with Gasteiger partial charge in [-0.2, -0.15) is 0 Å². The maximum atomic E-state index is 13.3. The summed E-state index contributed by atoms with van der Waals surface area (Å²) in [5.41, 5.74) is 2.26. The Kier molecular flexibility index (Phi) is 6.09. The molecule has 0 amide bonds. The third kappa shape index (κ3) is 3.82. The number of ether oxygens (including phenoxy) is 1. The first-order valence-electron chi connectivity index (χ1n) is 10.9. The number of hydrogen-bond donors (Lipinski definition) is 2. The molecule has 5 nitrogen and oxygen atoms in total. The minimum absolute atomic E-state index is 0.113. The van der Waals surface area contributed by atoms with Crippen molar-refractivity contribution in [2.75, 3.05) is 13.7 Å². The van der Waals surface area contributed by atoms with Crippen LogP contribution in [0.4, 0.5) is 0 Å². The third-order valence-corrected chi connectivity index (χ3v) is 6.46. The normalized spacial score (nSPS) is 15.9. The number of fused-ring (bicyclic) bond motifs is 1. The number of phenols is 1. The van der Waals surface area contributed by atoms with Gasteiger partial charge in [0.15, 0.2) is 0 Å². The molecule has 2 aromatic carbocycles. The second kappa shape index (κ2) is 8.92. The second-order valence-corrected chi connectivity index (χ2v) is 8.14. The van der Waals surface area contributed by atoms with Gasteiger partial charge in [0.1, 0.15) is 29.9 Å². The lowest BCUT2D eigenvalue weighted by Crippen LogP contribution is -3.14. The van der Waals surface area contributed by atoms with Gasteiger partial charge in [-0.3, -0.25) is 4.79 Å². The lowest BCUT2D eigenvalue weighted by Gasteiger charge is -2.30. The maximum Gasteiger partial charge on any atom is 0.200 e. The van der Waals surface area contributed by atoms with E-state index >= 15 is 0 Å². The highest BCUT2D eigenvalue weighted by Crippen LogP contribution is 2.31. The van der Waals surface area contributed by atoms with Crippen molar-refractivity contribution in [1.29, 1.82) is 0 Å². The van der Waals surface area contributed by atoms with E-state index < -0.39 is 0 Å². The highest BCUT2D eigenvalue weighted by Gasteiger charge is 2.26. The van der Waals surface area contributed by atoms with Crippen molar-refractivity contribution >= 4 is 11.0 Å². The molecule has 1 atom stereocenters. The Morgan fingerprint density at radius 1 is 1.10 bits per heavy atom. The molecule has 0 radical (unpaired) electrons. The van der Waals surface area contributed by atoms with Crippen LogP contribution in [0.15, 0.2) is 51.9 Å². The standard InChI is InChI=1S/C25H29NO4/c1-3-26(17-9-5-4-6-10-17)15-20-22(27)14-13-19-24(28)21(16-30-25(19)20)18-11-7-8-12-23(18)29-2/h7-8,11-14,16-17,27H,3-6,9-10,15H2,1-2H3/p+1. The highest BCUT2D eigenvalue weighted by molar-refractivity contribution is 5.86. The predicted molar refractivity (Wildman–Crippen MR) is 118 cm³/mol. The summed E-state index contributed by atoms with van der Waals surface area (Å²) >= 11 is 0. The fourth-order valence-corrected chi connectivity index (χ4v) is 4.77. The van der Waals surface area contributed by atoms with Crippen LogP contribution in [0.2, 0.25) is 0 Å². The molecule has 2 N–H and O–H groups in total. The molecule has 0 spiro atoms. The molecule has 1 fully saturated rings. The Morgan fingerprint density at radius 3 is 2.60 bits per heavy atom. The molecule has 4 rings (SSSR count). The molecule has 158 valence electrons. The fraction of sp³-hybridized carbons (Fsp3) is 0.400. The number of nitrogens with one attached hydrogen (secondary N) is 1. The molecule has 1 aromatic heterocycles. The van der Waals surface area contributed by atoms with E-state index in [0.717, 1.165) is 12.1 Å². The SMILES string of the molecule is CC[NH+](Cc1c(O)ccc2c(=O)c(-c3ccccc3OC)coc12)C1CCCCC1. The Hall–Kier alpha value is -2.79. The van der Waals surface area contributed by atoms with Gasteiger partial charge in [-0.1, -0.05) is 24.6 Å². The molecule has 1 saturated carbocycles. The van der Waals surface area contributed by atoms with Crippen molar-refractivity contribution in [3.8, 4) is 22.6 Å². The van der Waals surface area contributed by atoms with Gasteiger partial charge in [-0.05, 0) is 50.8 Å². The first-order chi connectivity index (χ1) is 14.6. The van der Waals surface area contributed by atoms with Crippen LogP contribution in [0, 0.1) is 0 Å². The van der Waals surface area contributed by atoms with Gasteiger partial charge in [-0.25, -0.2) is 0 Å². The van der Waals surface area contributed by atoms with Gasteiger partial charge in [0.05, 0.1) is 36.2 Å². The van der Waals surface area contributed by atoms with Crippen LogP contribution >= 0.6 is 0 Å². The van der Waals surface area contributed by atoms with Crippen LogP contribution in [0.5, 0.6) is 11.5 Å². The summed E-state index contributed by atoms with van der Waals surface area (Å²) in [6, 6.07) is 11.3. The number of phenolic OH excluding ortho intramolecular Hbond substituents is 1. The molecule has 30 heavy (non-hydrogen) atoms. The van der Waals surface area contributed by atoms with Gasteiger partial charge in [0.2, 0.25) is 5.43 Å². The summed E-state index contributed by atoms with van der Waals surface area (Å²) < 4.78 is 11.4. The molecule has 0 aliphatic heterocycles. The summed E-state index contributed by atoms with van der Waals surface area (Å²) in [5, 5.41) is 11.1. The molecule has 1 aliphatic carbocycles. The van der Waals surface area contributed by atoms with Gasteiger partial charge < -0.3 is 19.2 Å². The molecule has 0 bridgehead atoms. The Labute approximate surface area is 176 Å². The number of para-hydroxylation sites is 1. The first kappa shape index (κ1) is 20.5. The lowest BCUT2D eigenvalue weighted by molar-refractivity contribution is -0.938. The van der Waals surface area contributed by atoms with Crippen molar-refractivity contribution < 1.29 is 19.2 Å². The zero-order valence-electron chi connectivity index (χ0n) is 17.7. The van der Waals surface area contributed by atoms with Gasteiger partial charge in [0, 0.05) is 5.56 Å². The van der Waals surface area contributed by atoms with Crippen LogP contribution in [-0.4, -0.2) is 24.8 Å². The predicted octanol–water partition coefficient (Wildman–Crippen LogP) is 3.91. The average molecular weight is 409 g/mol. The van der Waals surface area contributed by atoms with Crippen molar-refractivity contribution in [3.05, 3.63) is 58.4 Å². The number of benzene rings is 2. The summed E-state index contributed by atoms with van der Waals surface area (Å²) in [6.45, 7) is 3.81. The Morgan fingerprint density at radius 2 is 1.87 bits per heavy atom. The van der Waals surface area contributed by atoms with Gasteiger partial charge >= 0.3 is 0 Å². The van der Waals surface area contributed by atoms with Gasteiger partial charge in [0.25, 0.3) is 0 Å². The van der Waals surface area contributed by atoms with Crippen LogP contribution in [-0.2, 0) is 6.54 Å². The number of methoxy groups -OCH3 is 1. The molecule has 1 aliphatic rings. The fourth-order valence-electron chi connectivity index (χ4n) is 4.77. The van der Waals surface area contributed by atoms with E-state index in [9.17, 15) is 9.90 Å². The van der Waals surface area contributed by atoms with Crippen molar-refractivity contribution in [3.63, 3.8) is 0 Å². The van der Waals surface area contributed by atoms with E-state index in [1.165, 1.54) is 43.3 Å². The minimum Gasteiger partial charge on any atom is -0.507 e. The molecule has 5 heteroatoms. The monoisotopic (exact) mass is 408 g/mol. The highest BCUT2D eigenvalue weighted by atomic mass is 16.5. The van der Waals surface area contributed by atoms with E-state index in [0.29, 0.717) is 40.4 Å².